The summed E-state index contributed by atoms with van der Waals surface area (Å²) >= 11 is 0. The van der Waals surface area contributed by atoms with Gasteiger partial charge in [0.05, 0.1) is 0 Å². The topological polar surface area (TPSA) is 46.2 Å². The smallest absolute Gasteiger partial charge is 0.257 e. The van der Waals surface area contributed by atoms with Crippen molar-refractivity contribution in [2.75, 3.05) is 0 Å². The maximum Gasteiger partial charge on any atom is 0.257 e. The van der Waals surface area contributed by atoms with E-state index in [0.717, 1.165) is 11.1 Å². The van der Waals surface area contributed by atoms with E-state index in [9.17, 15) is 9.59 Å². The molecule has 68 valence electrons. The summed E-state index contributed by atoms with van der Waals surface area (Å²) in [6.07, 6.45) is 0.393. The Morgan fingerprint density at radius 2 is 2.08 bits per heavy atom. The number of imide groups is 1. The first-order chi connectivity index (χ1) is 6.15. The van der Waals surface area contributed by atoms with E-state index in [-0.39, 0.29) is 5.91 Å². The molecule has 1 aromatic rings. The molecule has 0 aliphatic carbocycles. The van der Waals surface area contributed by atoms with Crippen LogP contribution in [0.5, 0.6) is 0 Å². The van der Waals surface area contributed by atoms with Gasteiger partial charge in [-0.25, -0.2) is 0 Å². The minimum Gasteiger partial charge on any atom is -0.295 e. The van der Waals surface area contributed by atoms with Crippen LogP contribution in [0, 0.1) is 13.8 Å². The van der Waals surface area contributed by atoms with Crippen molar-refractivity contribution in [2.24, 2.45) is 0 Å². The molecule has 1 rings (SSSR count). The molecule has 1 aromatic carbocycles. The van der Waals surface area contributed by atoms with Crippen LogP contribution in [0.4, 0.5) is 0 Å². The average molecular weight is 177 g/mol. The fraction of sp³-hybridized carbons (Fsp3) is 0.200. The Bertz CT molecular complexity index is 345. The maximum absolute atomic E-state index is 11.3. The second-order valence-corrected chi connectivity index (χ2v) is 2.91. The summed E-state index contributed by atoms with van der Waals surface area (Å²) in [6, 6.07) is 5.54. The standard InChI is InChI=1S/C10H11NO2/c1-7-3-4-8(2)9(5-7)10(13)11-6-12/h3-6H,1-2H3,(H,11,12,13). The summed E-state index contributed by atoms with van der Waals surface area (Å²) in [6.45, 7) is 3.73. The van der Waals surface area contributed by atoms with Crippen molar-refractivity contribution < 1.29 is 9.59 Å². The van der Waals surface area contributed by atoms with Gasteiger partial charge in [0, 0.05) is 5.56 Å². The molecule has 0 bridgehead atoms. The largest absolute Gasteiger partial charge is 0.295 e. The van der Waals surface area contributed by atoms with Gasteiger partial charge in [0.15, 0.2) is 0 Å². The molecule has 2 amide bonds. The molecule has 0 saturated heterocycles. The van der Waals surface area contributed by atoms with Crippen LogP contribution in [0.15, 0.2) is 18.2 Å². The molecule has 0 saturated carbocycles. The number of carbonyl (C=O) groups is 2. The summed E-state index contributed by atoms with van der Waals surface area (Å²) in [4.78, 5) is 21.3. The summed E-state index contributed by atoms with van der Waals surface area (Å²) in [5.74, 6) is -0.351. The lowest BCUT2D eigenvalue weighted by atomic mass is 10.1. The Kier molecular flexibility index (Phi) is 2.80. The first kappa shape index (κ1) is 9.45. The Hall–Kier alpha value is -1.64. The van der Waals surface area contributed by atoms with Gasteiger partial charge >= 0.3 is 0 Å². The summed E-state index contributed by atoms with van der Waals surface area (Å²) < 4.78 is 0. The molecule has 0 aromatic heterocycles. The van der Waals surface area contributed by atoms with Gasteiger partial charge < -0.3 is 0 Å². The Labute approximate surface area is 76.8 Å². The van der Waals surface area contributed by atoms with E-state index in [1.54, 1.807) is 6.07 Å². The van der Waals surface area contributed by atoms with Gasteiger partial charge in [-0.3, -0.25) is 14.9 Å². The van der Waals surface area contributed by atoms with Crippen molar-refractivity contribution in [3.8, 4) is 0 Å². The van der Waals surface area contributed by atoms with Crippen LogP contribution >= 0.6 is 0 Å². The van der Waals surface area contributed by atoms with Crippen molar-refractivity contribution in [2.45, 2.75) is 13.8 Å². The van der Waals surface area contributed by atoms with E-state index in [2.05, 4.69) is 5.32 Å². The second kappa shape index (κ2) is 3.85. The second-order valence-electron chi connectivity index (χ2n) is 2.91. The van der Waals surface area contributed by atoms with Crippen molar-refractivity contribution >= 4 is 12.3 Å². The number of benzene rings is 1. The number of amides is 2. The van der Waals surface area contributed by atoms with E-state index < -0.39 is 0 Å². The molecule has 0 atom stereocenters. The van der Waals surface area contributed by atoms with Gasteiger partial charge in [-0.1, -0.05) is 17.7 Å². The zero-order valence-corrected chi connectivity index (χ0v) is 7.63. The Balaban J connectivity index is 3.05. The fourth-order valence-electron chi connectivity index (χ4n) is 1.11. The highest BCUT2D eigenvalue weighted by atomic mass is 16.2. The fourth-order valence-corrected chi connectivity index (χ4v) is 1.11. The minimum absolute atomic E-state index is 0.351. The highest BCUT2D eigenvalue weighted by molar-refractivity contribution is 6.00. The number of carbonyl (C=O) groups excluding carboxylic acids is 2. The molecule has 3 heteroatoms. The molecule has 0 aliphatic rings. The molecule has 13 heavy (non-hydrogen) atoms. The summed E-state index contributed by atoms with van der Waals surface area (Å²) in [5.41, 5.74) is 2.42. The minimum atomic E-state index is -0.351. The number of hydrogen-bond donors (Lipinski definition) is 1. The third-order valence-corrected chi connectivity index (χ3v) is 1.83. The van der Waals surface area contributed by atoms with Gasteiger partial charge in [-0.2, -0.15) is 0 Å². The Morgan fingerprint density at radius 1 is 1.38 bits per heavy atom. The van der Waals surface area contributed by atoms with Gasteiger partial charge in [-0.15, -0.1) is 0 Å². The lowest BCUT2D eigenvalue weighted by molar-refractivity contribution is -0.108. The lowest BCUT2D eigenvalue weighted by Gasteiger charge is -2.03. The predicted octanol–water partition coefficient (Wildman–Crippen LogP) is 1.19. The predicted molar refractivity (Wildman–Crippen MR) is 49.4 cm³/mol. The molecule has 3 nitrogen and oxygen atoms in total. The zero-order valence-electron chi connectivity index (χ0n) is 7.63. The quantitative estimate of drug-likeness (QED) is 0.690. The zero-order chi connectivity index (χ0) is 9.84. The normalized spacial score (nSPS) is 9.38. The van der Waals surface area contributed by atoms with E-state index in [0.29, 0.717) is 12.0 Å². The van der Waals surface area contributed by atoms with Crippen LogP contribution in [0.3, 0.4) is 0 Å². The van der Waals surface area contributed by atoms with Gasteiger partial charge in [0.2, 0.25) is 6.41 Å². The van der Waals surface area contributed by atoms with Crippen molar-refractivity contribution in [1.82, 2.24) is 5.32 Å². The third-order valence-electron chi connectivity index (χ3n) is 1.83. The van der Waals surface area contributed by atoms with Gasteiger partial charge in [0.1, 0.15) is 0 Å². The molecule has 0 aliphatic heterocycles. The Morgan fingerprint density at radius 3 is 2.69 bits per heavy atom. The van der Waals surface area contributed by atoms with Crippen molar-refractivity contribution in [3.05, 3.63) is 34.9 Å². The van der Waals surface area contributed by atoms with Gasteiger partial charge in [0.25, 0.3) is 5.91 Å². The van der Waals surface area contributed by atoms with Crippen LogP contribution < -0.4 is 5.32 Å². The van der Waals surface area contributed by atoms with E-state index in [1.165, 1.54) is 0 Å². The molecular weight excluding hydrogens is 166 g/mol. The molecular formula is C10H11NO2. The molecule has 0 heterocycles. The van der Waals surface area contributed by atoms with Crippen LogP contribution in [0.2, 0.25) is 0 Å². The van der Waals surface area contributed by atoms with Crippen LogP contribution in [0.25, 0.3) is 0 Å². The first-order valence-electron chi connectivity index (χ1n) is 3.97. The summed E-state index contributed by atoms with van der Waals surface area (Å²) in [5, 5.41) is 2.11. The van der Waals surface area contributed by atoms with E-state index in [1.807, 2.05) is 26.0 Å². The molecule has 0 fully saturated rings. The highest BCUT2D eigenvalue weighted by Crippen LogP contribution is 2.09. The molecule has 0 unspecified atom stereocenters. The SMILES string of the molecule is Cc1ccc(C)c(C(=O)NC=O)c1. The molecule has 1 N–H and O–H groups in total. The average Bonchev–Trinajstić information content (AvgIpc) is 2.09. The van der Waals surface area contributed by atoms with Crippen LogP contribution in [0.1, 0.15) is 21.5 Å². The summed E-state index contributed by atoms with van der Waals surface area (Å²) in [7, 11) is 0. The van der Waals surface area contributed by atoms with Gasteiger partial charge in [-0.05, 0) is 25.5 Å². The first-order valence-corrected chi connectivity index (χ1v) is 3.97. The molecule has 0 radical (unpaired) electrons. The number of nitrogens with one attached hydrogen (secondary N) is 1. The number of hydrogen-bond acceptors (Lipinski definition) is 2. The number of rotatable bonds is 2. The van der Waals surface area contributed by atoms with E-state index >= 15 is 0 Å². The van der Waals surface area contributed by atoms with Crippen molar-refractivity contribution in [3.63, 3.8) is 0 Å². The third kappa shape index (κ3) is 2.15. The monoisotopic (exact) mass is 177 g/mol. The highest BCUT2D eigenvalue weighted by Gasteiger charge is 2.07. The van der Waals surface area contributed by atoms with E-state index in [4.69, 9.17) is 0 Å². The van der Waals surface area contributed by atoms with Crippen LogP contribution in [-0.2, 0) is 4.79 Å². The number of aryl methyl sites for hydroxylation is 2. The lowest BCUT2D eigenvalue weighted by Crippen LogP contribution is -2.22. The molecule has 0 spiro atoms. The van der Waals surface area contributed by atoms with Crippen molar-refractivity contribution in [1.29, 1.82) is 0 Å². The maximum atomic E-state index is 11.3. The van der Waals surface area contributed by atoms with Crippen LogP contribution in [-0.4, -0.2) is 12.3 Å².